The predicted molar refractivity (Wildman–Crippen MR) is 55.1 cm³/mol. The largest absolute Gasteiger partial charge is 0.481 e. The maximum Gasteiger partial charge on any atom is 0.309 e. The van der Waals surface area contributed by atoms with Gasteiger partial charge >= 0.3 is 5.97 Å². The van der Waals surface area contributed by atoms with Gasteiger partial charge in [-0.2, -0.15) is 0 Å². The lowest BCUT2D eigenvalue weighted by molar-refractivity contribution is -0.136. The van der Waals surface area contributed by atoms with Gasteiger partial charge in [0.1, 0.15) is 0 Å². The van der Waals surface area contributed by atoms with Crippen LogP contribution in [0.3, 0.4) is 0 Å². The Bertz CT molecular complexity index is 493. The number of carbonyl (C=O) groups is 1. The summed E-state index contributed by atoms with van der Waals surface area (Å²) in [4.78, 5) is 17.6. The van der Waals surface area contributed by atoms with Crippen molar-refractivity contribution in [2.24, 2.45) is 0 Å². The quantitative estimate of drug-likeness (QED) is 0.861. The Labute approximate surface area is 88.1 Å². The van der Waals surface area contributed by atoms with E-state index in [4.69, 9.17) is 5.11 Å². The lowest BCUT2D eigenvalue weighted by Gasteiger charge is -1.89. The molecule has 0 spiro atoms. The highest BCUT2D eigenvalue weighted by atomic mass is 79.9. The van der Waals surface area contributed by atoms with E-state index in [0.29, 0.717) is 5.69 Å². The molecule has 2 N–H and O–H groups in total. The summed E-state index contributed by atoms with van der Waals surface area (Å²) in [7, 11) is 0. The number of fused-ring (bicyclic) bond motifs is 1. The van der Waals surface area contributed by atoms with Crippen molar-refractivity contribution in [2.45, 2.75) is 6.42 Å². The molecule has 2 rings (SSSR count). The second-order valence-corrected chi connectivity index (χ2v) is 3.87. The number of hydrogen-bond acceptors (Lipinski definition) is 2. The van der Waals surface area contributed by atoms with Crippen LogP contribution in [-0.2, 0) is 11.2 Å². The highest BCUT2D eigenvalue weighted by Gasteiger charge is 2.05. The fourth-order valence-electron chi connectivity index (χ4n) is 1.30. The Morgan fingerprint density at radius 2 is 2.36 bits per heavy atom. The number of carboxylic acids is 1. The molecule has 2 aromatic heterocycles. The highest BCUT2D eigenvalue weighted by Crippen LogP contribution is 2.17. The van der Waals surface area contributed by atoms with Crippen molar-refractivity contribution in [1.82, 2.24) is 9.97 Å². The standard InChI is InChI=1S/C9H7BrN2O2/c10-5-1-8-7(11-4-5)2-6(12-8)3-9(13)14/h1-2,4,12H,3H2,(H,13,14). The lowest BCUT2D eigenvalue weighted by Crippen LogP contribution is -1.99. The summed E-state index contributed by atoms with van der Waals surface area (Å²) in [6, 6.07) is 3.61. The number of nitrogens with one attached hydrogen (secondary N) is 1. The molecule has 0 radical (unpaired) electrons. The van der Waals surface area contributed by atoms with Gasteiger partial charge < -0.3 is 10.1 Å². The van der Waals surface area contributed by atoms with Gasteiger partial charge in [-0.1, -0.05) is 0 Å². The van der Waals surface area contributed by atoms with Crippen LogP contribution in [0.4, 0.5) is 0 Å². The molecule has 0 unspecified atom stereocenters. The number of aromatic nitrogens is 2. The molecule has 14 heavy (non-hydrogen) atoms. The van der Waals surface area contributed by atoms with E-state index in [1.54, 1.807) is 12.3 Å². The molecule has 0 bridgehead atoms. The van der Waals surface area contributed by atoms with Gasteiger partial charge in [-0.05, 0) is 28.1 Å². The zero-order valence-electron chi connectivity index (χ0n) is 7.12. The molecule has 2 aromatic rings. The van der Waals surface area contributed by atoms with E-state index in [1.165, 1.54) is 0 Å². The minimum absolute atomic E-state index is 0.00597. The summed E-state index contributed by atoms with van der Waals surface area (Å²) in [6.07, 6.45) is 1.68. The van der Waals surface area contributed by atoms with E-state index >= 15 is 0 Å². The molecule has 0 aliphatic carbocycles. The molecule has 0 aliphatic rings. The van der Waals surface area contributed by atoms with Crippen LogP contribution in [-0.4, -0.2) is 21.0 Å². The maximum absolute atomic E-state index is 10.5. The number of H-pyrrole nitrogens is 1. The Morgan fingerprint density at radius 3 is 3.07 bits per heavy atom. The smallest absolute Gasteiger partial charge is 0.309 e. The highest BCUT2D eigenvalue weighted by molar-refractivity contribution is 9.10. The van der Waals surface area contributed by atoms with Crippen LogP contribution in [0.15, 0.2) is 22.8 Å². The minimum atomic E-state index is -0.851. The first-order valence-electron chi connectivity index (χ1n) is 4.00. The van der Waals surface area contributed by atoms with E-state index < -0.39 is 5.97 Å². The van der Waals surface area contributed by atoms with E-state index in [-0.39, 0.29) is 6.42 Å². The molecule has 4 nitrogen and oxygen atoms in total. The van der Waals surface area contributed by atoms with Gasteiger partial charge in [0.05, 0.1) is 17.5 Å². The van der Waals surface area contributed by atoms with Gasteiger partial charge in [-0.15, -0.1) is 0 Å². The third kappa shape index (κ3) is 1.77. The number of rotatable bonds is 2. The molecule has 0 fully saturated rings. The van der Waals surface area contributed by atoms with Crippen LogP contribution in [0.25, 0.3) is 11.0 Å². The topological polar surface area (TPSA) is 66.0 Å². The van der Waals surface area contributed by atoms with Crippen LogP contribution in [0, 0.1) is 0 Å². The van der Waals surface area contributed by atoms with Gasteiger partial charge in [0, 0.05) is 16.4 Å². The van der Waals surface area contributed by atoms with Gasteiger partial charge in [-0.3, -0.25) is 9.78 Å². The van der Waals surface area contributed by atoms with Crippen LogP contribution in [0.1, 0.15) is 5.69 Å². The molecular weight excluding hydrogens is 248 g/mol. The Hall–Kier alpha value is -1.36. The summed E-state index contributed by atoms with van der Waals surface area (Å²) in [5.41, 5.74) is 2.29. The summed E-state index contributed by atoms with van der Waals surface area (Å²) in [6.45, 7) is 0. The maximum atomic E-state index is 10.5. The first-order valence-corrected chi connectivity index (χ1v) is 4.79. The molecule has 2 heterocycles. The lowest BCUT2D eigenvalue weighted by atomic mass is 10.3. The molecule has 0 aliphatic heterocycles. The summed E-state index contributed by atoms with van der Waals surface area (Å²) >= 11 is 3.29. The molecule has 5 heteroatoms. The molecule has 0 aromatic carbocycles. The summed E-state index contributed by atoms with van der Waals surface area (Å²) in [5.74, 6) is -0.851. The molecule has 0 saturated heterocycles. The molecule has 0 atom stereocenters. The first-order chi connectivity index (χ1) is 6.65. The summed E-state index contributed by atoms with van der Waals surface area (Å²) in [5, 5.41) is 8.60. The van der Waals surface area contributed by atoms with Crippen molar-refractivity contribution in [2.75, 3.05) is 0 Å². The SMILES string of the molecule is O=C(O)Cc1cc2ncc(Br)cc2[nH]1. The average molecular weight is 255 g/mol. The van der Waals surface area contributed by atoms with Crippen molar-refractivity contribution in [3.05, 3.63) is 28.5 Å². The second kappa shape index (κ2) is 3.42. The van der Waals surface area contributed by atoms with E-state index in [2.05, 4.69) is 25.9 Å². The van der Waals surface area contributed by atoms with Gasteiger partial charge in [-0.25, -0.2) is 0 Å². The van der Waals surface area contributed by atoms with Crippen LogP contribution in [0.5, 0.6) is 0 Å². The number of halogens is 1. The van der Waals surface area contributed by atoms with E-state index in [9.17, 15) is 4.79 Å². The monoisotopic (exact) mass is 254 g/mol. The zero-order valence-corrected chi connectivity index (χ0v) is 8.71. The fourth-order valence-corrected chi connectivity index (χ4v) is 1.63. The van der Waals surface area contributed by atoms with Crippen LogP contribution >= 0.6 is 15.9 Å². The van der Waals surface area contributed by atoms with Crippen molar-refractivity contribution < 1.29 is 9.90 Å². The Kier molecular flexibility index (Phi) is 2.25. The van der Waals surface area contributed by atoms with Gasteiger partial charge in [0.2, 0.25) is 0 Å². The number of carboxylic acid groups (broad SMARTS) is 1. The Morgan fingerprint density at radius 1 is 1.57 bits per heavy atom. The van der Waals surface area contributed by atoms with Crippen molar-refractivity contribution >= 4 is 32.9 Å². The van der Waals surface area contributed by atoms with Gasteiger partial charge in [0.25, 0.3) is 0 Å². The first kappa shape index (κ1) is 9.21. The second-order valence-electron chi connectivity index (χ2n) is 2.95. The third-order valence-corrected chi connectivity index (χ3v) is 2.27. The van der Waals surface area contributed by atoms with E-state index in [1.807, 2.05) is 6.07 Å². The number of aliphatic carboxylic acids is 1. The van der Waals surface area contributed by atoms with E-state index in [0.717, 1.165) is 15.5 Å². The number of nitrogens with zero attached hydrogens (tertiary/aromatic N) is 1. The molecule has 0 amide bonds. The summed E-state index contributed by atoms with van der Waals surface area (Å²) < 4.78 is 0.869. The molecule has 72 valence electrons. The predicted octanol–water partition coefficient (Wildman–Crippen LogP) is 1.95. The van der Waals surface area contributed by atoms with Gasteiger partial charge in [0.15, 0.2) is 0 Å². The zero-order chi connectivity index (χ0) is 10.1. The normalized spacial score (nSPS) is 10.6. The van der Waals surface area contributed by atoms with Crippen LogP contribution in [0.2, 0.25) is 0 Å². The number of hydrogen-bond donors (Lipinski definition) is 2. The minimum Gasteiger partial charge on any atom is -0.481 e. The average Bonchev–Trinajstić information content (AvgIpc) is 2.44. The number of aromatic amines is 1. The number of pyridine rings is 1. The molecular formula is C9H7BrN2O2. The van der Waals surface area contributed by atoms with Crippen molar-refractivity contribution in [3.8, 4) is 0 Å². The van der Waals surface area contributed by atoms with Crippen molar-refractivity contribution in [1.29, 1.82) is 0 Å². The Balaban J connectivity index is 2.46. The van der Waals surface area contributed by atoms with Crippen LogP contribution < -0.4 is 0 Å². The molecule has 0 saturated carbocycles. The third-order valence-electron chi connectivity index (χ3n) is 1.83. The van der Waals surface area contributed by atoms with Crippen molar-refractivity contribution in [3.63, 3.8) is 0 Å². The fraction of sp³-hybridized carbons (Fsp3) is 0.111.